The van der Waals surface area contributed by atoms with Crippen molar-refractivity contribution in [3.8, 4) is 22.4 Å². The van der Waals surface area contributed by atoms with Gasteiger partial charge in [0.1, 0.15) is 17.0 Å². The summed E-state index contributed by atoms with van der Waals surface area (Å²) in [5, 5.41) is 10.3. The molecule has 234 valence electrons. The van der Waals surface area contributed by atoms with Crippen LogP contribution in [0.2, 0.25) is 0 Å². The van der Waals surface area contributed by atoms with E-state index < -0.39 is 17.4 Å². The fourth-order valence-corrected chi connectivity index (χ4v) is 6.53. The molecule has 3 aromatic heterocycles. The highest BCUT2D eigenvalue weighted by Crippen LogP contribution is 2.44. The van der Waals surface area contributed by atoms with Gasteiger partial charge < -0.3 is 10.6 Å². The monoisotopic (exact) mass is 622 g/mol. The third kappa shape index (κ3) is 5.63. The number of aromatic nitrogens is 4. The topological polar surface area (TPSA) is 76.2 Å². The molecule has 1 unspecified atom stereocenters. The normalized spacial score (nSPS) is 14.5. The number of carbonyl (C=O) groups is 1. The first-order valence-corrected chi connectivity index (χ1v) is 15.8. The van der Waals surface area contributed by atoms with Crippen molar-refractivity contribution < 1.29 is 9.18 Å². The third-order valence-corrected chi connectivity index (χ3v) is 8.66. The summed E-state index contributed by atoms with van der Waals surface area (Å²) in [6.07, 6.45) is 17.4. The van der Waals surface area contributed by atoms with Crippen LogP contribution >= 0.6 is 0 Å². The lowest BCUT2D eigenvalue weighted by molar-refractivity contribution is 0.250. The fourth-order valence-electron chi connectivity index (χ4n) is 6.53. The maximum atomic E-state index is 15.1. The largest absolute Gasteiger partial charge is 0.336 e. The molecule has 7 rings (SSSR count). The zero-order valence-corrected chi connectivity index (χ0v) is 26.2. The molecule has 6 aromatic rings. The smallest absolute Gasteiger partial charge is 0.319 e. The number of pyridine rings is 1. The van der Waals surface area contributed by atoms with Gasteiger partial charge in [0.25, 0.3) is 0 Å². The van der Waals surface area contributed by atoms with Crippen LogP contribution in [0.25, 0.3) is 28.0 Å². The van der Waals surface area contributed by atoms with E-state index in [2.05, 4.69) is 99.3 Å². The summed E-state index contributed by atoms with van der Waals surface area (Å²) in [4.78, 5) is 16.7. The molecule has 0 bridgehead atoms. The average Bonchev–Trinajstić information content (AvgIpc) is 3.75. The second-order valence-electron chi connectivity index (χ2n) is 12.1. The number of amides is 2. The summed E-state index contributed by atoms with van der Waals surface area (Å²) < 4.78 is 19.2. The second-order valence-corrected chi connectivity index (χ2v) is 12.1. The van der Waals surface area contributed by atoms with Crippen molar-refractivity contribution >= 4 is 17.4 Å². The Morgan fingerprint density at radius 1 is 0.872 bits per heavy atom. The molecule has 2 N–H and O–H groups in total. The highest BCUT2D eigenvalue weighted by molar-refractivity contribution is 5.90. The van der Waals surface area contributed by atoms with Gasteiger partial charge in [0.05, 0.1) is 23.8 Å². The molecule has 47 heavy (non-hydrogen) atoms. The summed E-state index contributed by atoms with van der Waals surface area (Å²) in [5.74, 6) is -0.407. The van der Waals surface area contributed by atoms with Crippen LogP contribution in [0.1, 0.15) is 31.4 Å². The number of allylic oxidation sites excluding steroid dienone is 4. The van der Waals surface area contributed by atoms with Crippen molar-refractivity contribution in [3.63, 3.8) is 0 Å². The molecular weight excluding hydrogens is 587 g/mol. The Bertz CT molecular complexity index is 2050. The van der Waals surface area contributed by atoms with Crippen molar-refractivity contribution in [2.24, 2.45) is 5.92 Å². The average molecular weight is 623 g/mol. The quantitative estimate of drug-likeness (QED) is 0.179. The van der Waals surface area contributed by atoms with Gasteiger partial charge in [-0.05, 0) is 55.7 Å². The van der Waals surface area contributed by atoms with Crippen molar-refractivity contribution in [2.45, 2.75) is 31.8 Å². The number of nitrogens with one attached hydrogen (secondary N) is 2. The molecule has 1 atom stereocenters. The van der Waals surface area contributed by atoms with Crippen LogP contribution in [0.3, 0.4) is 0 Å². The summed E-state index contributed by atoms with van der Waals surface area (Å²) >= 11 is 0. The van der Waals surface area contributed by atoms with E-state index in [1.165, 1.54) is 6.07 Å². The maximum Gasteiger partial charge on any atom is 0.319 e. The van der Waals surface area contributed by atoms with E-state index in [9.17, 15) is 4.79 Å². The van der Waals surface area contributed by atoms with E-state index in [1.807, 2.05) is 54.9 Å². The van der Waals surface area contributed by atoms with Crippen LogP contribution in [-0.4, -0.2) is 31.2 Å². The zero-order chi connectivity index (χ0) is 32.4. The van der Waals surface area contributed by atoms with Crippen LogP contribution in [-0.2, 0) is 5.54 Å². The van der Waals surface area contributed by atoms with Gasteiger partial charge in [0.15, 0.2) is 0 Å². The lowest BCUT2D eigenvalue weighted by Crippen LogP contribution is -2.43. The first-order chi connectivity index (χ1) is 22.9. The molecule has 7 nitrogen and oxygen atoms in total. The molecule has 0 radical (unpaired) electrons. The van der Waals surface area contributed by atoms with Crippen LogP contribution in [0.5, 0.6) is 0 Å². The van der Waals surface area contributed by atoms with Crippen molar-refractivity contribution in [3.05, 3.63) is 157 Å². The minimum absolute atomic E-state index is 0.0638. The summed E-state index contributed by atoms with van der Waals surface area (Å²) in [7, 11) is 0. The number of fused-ring (bicyclic) bond motifs is 1. The minimum atomic E-state index is -0.592. The third-order valence-electron chi connectivity index (χ3n) is 8.66. The maximum absolute atomic E-state index is 15.1. The molecule has 0 saturated carbocycles. The molecular formula is C39H35FN6O. The van der Waals surface area contributed by atoms with Gasteiger partial charge in [0.2, 0.25) is 0 Å². The number of hydrogen-bond acceptors (Lipinski definition) is 3. The molecule has 8 heteroatoms. The van der Waals surface area contributed by atoms with Gasteiger partial charge in [-0.1, -0.05) is 91.0 Å². The van der Waals surface area contributed by atoms with Gasteiger partial charge in [0, 0.05) is 41.0 Å². The Kier molecular flexibility index (Phi) is 8.00. The van der Waals surface area contributed by atoms with Crippen LogP contribution in [0.4, 0.5) is 14.9 Å². The number of urea groups is 1. The van der Waals surface area contributed by atoms with E-state index in [1.54, 1.807) is 18.3 Å². The first-order valence-electron chi connectivity index (χ1n) is 15.8. The first kappa shape index (κ1) is 29.9. The van der Waals surface area contributed by atoms with E-state index in [0.717, 1.165) is 40.0 Å². The predicted octanol–water partition coefficient (Wildman–Crippen LogP) is 8.46. The fraction of sp³-hybridized carbons (Fsp3) is 0.154. The summed E-state index contributed by atoms with van der Waals surface area (Å²) in [6.45, 7) is 3.69. The van der Waals surface area contributed by atoms with Crippen LogP contribution < -0.4 is 10.6 Å². The van der Waals surface area contributed by atoms with Gasteiger partial charge in [-0.3, -0.25) is 9.08 Å². The lowest BCUT2D eigenvalue weighted by atomic mass is 9.70. The van der Waals surface area contributed by atoms with E-state index in [-0.39, 0.29) is 17.6 Å². The number of halogens is 1. The Labute approximate surface area is 273 Å². The number of nitrogens with zero attached hydrogens (tertiary/aromatic N) is 4. The number of benzene rings is 3. The Hall–Kier alpha value is -5.76. The standard InChI is InChI=1S/C39H35FN6O/c1-27(2)43-38(47)44-35-20-18-28(22-34(35)40)36-24-41-37-21-19-29(25-45(36)37)30-23-42-46(26-30)39(31-12-6-3-7-13-31,32-14-8-4-9-15-32)33-16-10-5-11-17-33/h3-16,18-27,33H,17H2,1-2H3,(H2,43,44,47). The van der Waals surface area contributed by atoms with E-state index in [0.29, 0.717) is 5.56 Å². The lowest BCUT2D eigenvalue weighted by Gasteiger charge is -2.41. The van der Waals surface area contributed by atoms with E-state index in [4.69, 9.17) is 5.10 Å². The highest BCUT2D eigenvalue weighted by atomic mass is 19.1. The van der Waals surface area contributed by atoms with Gasteiger partial charge in [-0.2, -0.15) is 5.10 Å². The van der Waals surface area contributed by atoms with Crippen molar-refractivity contribution in [1.82, 2.24) is 24.5 Å². The Balaban J connectivity index is 1.29. The Morgan fingerprint density at radius 2 is 1.60 bits per heavy atom. The molecule has 3 heterocycles. The van der Waals surface area contributed by atoms with E-state index >= 15 is 4.39 Å². The van der Waals surface area contributed by atoms with Gasteiger partial charge in [-0.25, -0.2) is 14.2 Å². The van der Waals surface area contributed by atoms with Crippen LogP contribution in [0.15, 0.2) is 140 Å². The molecule has 0 saturated heterocycles. The minimum Gasteiger partial charge on any atom is -0.336 e. The molecule has 2 amide bonds. The molecule has 0 aliphatic heterocycles. The van der Waals surface area contributed by atoms with Gasteiger partial charge >= 0.3 is 6.03 Å². The highest BCUT2D eigenvalue weighted by Gasteiger charge is 2.43. The number of hydrogen-bond donors (Lipinski definition) is 2. The predicted molar refractivity (Wildman–Crippen MR) is 185 cm³/mol. The number of anilines is 1. The van der Waals surface area contributed by atoms with Crippen molar-refractivity contribution in [1.29, 1.82) is 0 Å². The molecule has 0 fully saturated rings. The number of carbonyl (C=O) groups excluding carboxylic acids is 1. The number of rotatable bonds is 8. The molecule has 0 spiro atoms. The molecule has 3 aromatic carbocycles. The zero-order valence-electron chi connectivity index (χ0n) is 26.2. The summed E-state index contributed by atoms with van der Waals surface area (Å²) in [6, 6.07) is 29.4. The SMILES string of the molecule is CC(C)NC(=O)Nc1ccc(-c2cnc3ccc(-c4cnn(C(c5ccccc5)(c5ccccc5)C5C=CC=CC5)c4)cn23)cc1F. The molecule has 1 aliphatic rings. The summed E-state index contributed by atoms with van der Waals surface area (Å²) in [5.41, 5.74) is 5.82. The Morgan fingerprint density at radius 3 is 2.26 bits per heavy atom. The van der Waals surface area contributed by atoms with Crippen LogP contribution in [0, 0.1) is 11.7 Å². The van der Waals surface area contributed by atoms with Crippen molar-refractivity contribution in [2.75, 3.05) is 5.32 Å². The number of imidazole rings is 1. The second kappa shape index (κ2) is 12.6. The van der Waals surface area contributed by atoms with Gasteiger partial charge in [-0.15, -0.1) is 0 Å². The molecule has 1 aliphatic carbocycles.